The highest BCUT2D eigenvalue weighted by Gasteiger charge is 2.34. The van der Waals surface area contributed by atoms with Crippen molar-refractivity contribution in [2.24, 2.45) is 5.92 Å². The zero-order valence-electron chi connectivity index (χ0n) is 12.8. The summed E-state index contributed by atoms with van der Waals surface area (Å²) in [5, 5.41) is 9.94. The summed E-state index contributed by atoms with van der Waals surface area (Å²) in [6.07, 6.45) is 0.525. The molecule has 0 amide bonds. The van der Waals surface area contributed by atoms with Gasteiger partial charge in [-0.15, -0.1) is 0 Å². The van der Waals surface area contributed by atoms with Gasteiger partial charge in [-0.05, 0) is 36.5 Å². The lowest BCUT2D eigenvalue weighted by Crippen LogP contribution is -2.07. The molecule has 1 aliphatic rings. The van der Waals surface area contributed by atoms with E-state index in [9.17, 15) is 13.9 Å². The van der Waals surface area contributed by atoms with Crippen LogP contribution < -0.4 is 9.47 Å². The summed E-state index contributed by atoms with van der Waals surface area (Å²) in [4.78, 5) is 0. The van der Waals surface area contributed by atoms with Crippen LogP contribution in [0, 0.1) is 17.6 Å². The zero-order chi connectivity index (χ0) is 16.4. The predicted octanol–water partition coefficient (Wildman–Crippen LogP) is 4.00. The minimum absolute atomic E-state index is 0.0370. The van der Waals surface area contributed by atoms with Crippen LogP contribution in [0.15, 0.2) is 36.4 Å². The fourth-order valence-electron chi connectivity index (χ4n) is 2.46. The largest absolute Gasteiger partial charge is 0.497 e. The first kappa shape index (κ1) is 15.7. The summed E-state index contributed by atoms with van der Waals surface area (Å²) in [6.45, 7) is 0.188. The topological polar surface area (TPSA) is 38.7 Å². The Morgan fingerprint density at radius 2 is 1.70 bits per heavy atom. The average molecular weight is 320 g/mol. The highest BCUT2D eigenvalue weighted by Crippen LogP contribution is 2.42. The van der Waals surface area contributed by atoms with E-state index in [1.54, 1.807) is 19.2 Å². The van der Waals surface area contributed by atoms with E-state index in [4.69, 9.17) is 9.47 Å². The molecule has 3 rings (SSSR count). The van der Waals surface area contributed by atoms with Gasteiger partial charge in [-0.2, -0.15) is 0 Å². The Bertz CT molecular complexity index is 658. The molecule has 0 radical (unpaired) electrons. The molecule has 1 atom stereocenters. The van der Waals surface area contributed by atoms with E-state index in [1.807, 2.05) is 12.1 Å². The Kier molecular flexibility index (Phi) is 4.48. The van der Waals surface area contributed by atoms with Gasteiger partial charge in [0.2, 0.25) is 0 Å². The molecule has 3 nitrogen and oxygen atoms in total. The third kappa shape index (κ3) is 3.62. The second kappa shape index (κ2) is 6.54. The average Bonchev–Trinajstić information content (AvgIpc) is 3.37. The summed E-state index contributed by atoms with van der Waals surface area (Å²) in [7, 11) is 1.58. The number of hydrogen-bond donors (Lipinski definition) is 1. The Balaban J connectivity index is 1.70. The fraction of sp³-hybridized carbons (Fsp3) is 0.333. The first-order valence-corrected chi connectivity index (χ1v) is 7.51. The third-order valence-corrected chi connectivity index (χ3v) is 3.98. The van der Waals surface area contributed by atoms with Crippen molar-refractivity contribution >= 4 is 0 Å². The number of hydrogen-bond acceptors (Lipinski definition) is 3. The van der Waals surface area contributed by atoms with Gasteiger partial charge in [0.05, 0.1) is 18.8 Å². The molecule has 1 fully saturated rings. The molecule has 1 unspecified atom stereocenters. The number of aliphatic hydroxyl groups is 1. The molecule has 0 aromatic heterocycles. The van der Waals surface area contributed by atoms with Crippen LogP contribution in [0.1, 0.15) is 30.1 Å². The van der Waals surface area contributed by atoms with Crippen LogP contribution in [0.3, 0.4) is 0 Å². The van der Waals surface area contributed by atoms with Gasteiger partial charge in [0.1, 0.15) is 29.7 Å². The number of halogens is 2. The van der Waals surface area contributed by atoms with E-state index < -0.39 is 17.7 Å². The van der Waals surface area contributed by atoms with Crippen molar-refractivity contribution in [3.05, 3.63) is 59.2 Å². The lowest BCUT2D eigenvalue weighted by atomic mass is 10.0. The SMILES string of the molecule is COc1ccc(COc2cc(F)c(C(O)C3CC3)c(F)c2)cc1. The monoisotopic (exact) mass is 320 g/mol. The van der Waals surface area contributed by atoms with Crippen molar-refractivity contribution in [1.29, 1.82) is 0 Å². The van der Waals surface area contributed by atoms with E-state index in [-0.39, 0.29) is 23.8 Å². The van der Waals surface area contributed by atoms with Crippen molar-refractivity contribution in [3.63, 3.8) is 0 Å². The molecule has 0 heterocycles. The summed E-state index contributed by atoms with van der Waals surface area (Å²) in [6, 6.07) is 9.44. The molecule has 2 aromatic rings. The fourth-order valence-corrected chi connectivity index (χ4v) is 2.46. The van der Waals surface area contributed by atoms with Gasteiger partial charge >= 0.3 is 0 Å². The minimum atomic E-state index is -1.08. The number of ether oxygens (including phenoxy) is 2. The molecule has 5 heteroatoms. The summed E-state index contributed by atoms with van der Waals surface area (Å²) in [5.41, 5.74) is 0.595. The van der Waals surface area contributed by atoms with E-state index >= 15 is 0 Å². The zero-order valence-corrected chi connectivity index (χ0v) is 12.8. The second-order valence-corrected chi connectivity index (χ2v) is 5.72. The third-order valence-electron chi connectivity index (χ3n) is 3.98. The normalized spacial score (nSPS) is 15.3. The standard InChI is InChI=1S/C18H18F2O3/c1-22-13-6-2-11(3-7-13)10-23-14-8-15(19)17(16(20)9-14)18(21)12-4-5-12/h2-3,6-9,12,18,21H,4-5,10H2,1H3. The lowest BCUT2D eigenvalue weighted by Gasteiger charge is -2.14. The predicted molar refractivity (Wildman–Crippen MR) is 81.4 cm³/mol. The van der Waals surface area contributed by atoms with E-state index in [1.165, 1.54) is 0 Å². The molecule has 0 saturated heterocycles. The molecule has 122 valence electrons. The summed E-state index contributed by atoms with van der Waals surface area (Å²) in [5.74, 6) is -0.750. The molecule has 0 aliphatic heterocycles. The summed E-state index contributed by atoms with van der Waals surface area (Å²) >= 11 is 0. The number of methoxy groups -OCH3 is 1. The molecule has 0 spiro atoms. The smallest absolute Gasteiger partial charge is 0.135 e. The van der Waals surface area contributed by atoms with E-state index in [0.29, 0.717) is 0 Å². The Hall–Kier alpha value is -2.14. The Labute approximate surface area is 133 Å². The number of rotatable bonds is 6. The van der Waals surface area contributed by atoms with Gasteiger partial charge in [0.15, 0.2) is 0 Å². The van der Waals surface area contributed by atoms with Crippen molar-refractivity contribution in [1.82, 2.24) is 0 Å². The number of aliphatic hydroxyl groups excluding tert-OH is 1. The van der Waals surface area contributed by atoms with Crippen LogP contribution in [-0.4, -0.2) is 12.2 Å². The molecule has 1 N–H and O–H groups in total. The van der Waals surface area contributed by atoms with Crippen LogP contribution in [0.5, 0.6) is 11.5 Å². The van der Waals surface area contributed by atoms with Gasteiger partial charge in [-0.1, -0.05) is 12.1 Å². The van der Waals surface area contributed by atoms with Crippen LogP contribution in [0.2, 0.25) is 0 Å². The molecule has 1 saturated carbocycles. The van der Waals surface area contributed by atoms with Crippen molar-refractivity contribution in [3.8, 4) is 11.5 Å². The Morgan fingerprint density at radius 1 is 1.09 bits per heavy atom. The first-order valence-electron chi connectivity index (χ1n) is 7.51. The maximum absolute atomic E-state index is 14.1. The van der Waals surface area contributed by atoms with Crippen LogP contribution >= 0.6 is 0 Å². The first-order chi connectivity index (χ1) is 11.1. The Morgan fingerprint density at radius 3 is 2.22 bits per heavy atom. The van der Waals surface area contributed by atoms with Crippen molar-refractivity contribution in [2.75, 3.05) is 7.11 Å². The van der Waals surface area contributed by atoms with Crippen LogP contribution in [0.4, 0.5) is 8.78 Å². The van der Waals surface area contributed by atoms with Crippen molar-refractivity contribution in [2.45, 2.75) is 25.6 Å². The molecule has 23 heavy (non-hydrogen) atoms. The van der Waals surface area contributed by atoms with Crippen molar-refractivity contribution < 1.29 is 23.4 Å². The molecule has 2 aromatic carbocycles. The second-order valence-electron chi connectivity index (χ2n) is 5.72. The van der Waals surface area contributed by atoms with Gasteiger partial charge in [-0.3, -0.25) is 0 Å². The maximum atomic E-state index is 14.1. The van der Waals surface area contributed by atoms with Gasteiger partial charge < -0.3 is 14.6 Å². The quantitative estimate of drug-likeness (QED) is 0.874. The van der Waals surface area contributed by atoms with Crippen LogP contribution in [0.25, 0.3) is 0 Å². The number of benzene rings is 2. The minimum Gasteiger partial charge on any atom is -0.497 e. The lowest BCUT2D eigenvalue weighted by molar-refractivity contribution is 0.144. The van der Waals surface area contributed by atoms with E-state index in [2.05, 4.69) is 0 Å². The molecule has 0 bridgehead atoms. The molecular formula is C18H18F2O3. The summed E-state index contributed by atoms with van der Waals surface area (Å²) < 4.78 is 38.7. The van der Waals surface area contributed by atoms with E-state index in [0.717, 1.165) is 36.3 Å². The van der Waals surface area contributed by atoms with Gasteiger partial charge in [0, 0.05) is 12.1 Å². The van der Waals surface area contributed by atoms with Gasteiger partial charge in [0.25, 0.3) is 0 Å². The molecule has 1 aliphatic carbocycles. The highest BCUT2D eigenvalue weighted by molar-refractivity contribution is 5.33. The maximum Gasteiger partial charge on any atom is 0.135 e. The van der Waals surface area contributed by atoms with Gasteiger partial charge in [-0.25, -0.2) is 8.78 Å². The molecular weight excluding hydrogens is 302 g/mol. The highest BCUT2D eigenvalue weighted by atomic mass is 19.1. The van der Waals surface area contributed by atoms with Crippen LogP contribution in [-0.2, 0) is 6.61 Å².